The average molecular weight is 308 g/mol. The minimum atomic E-state index is 0.451. The molecule has 0 atom stereocenters. The molecule has 3 heterocycles. The molecule has 0 spiro atoms. The van der Waals surface area contributed by atoms with E-state index < -0.39 is 0 Å². The van der Waals surface area contributed by atoms with Crippen molar-refractivity contribution >= 4 is 11.0 Å². The summed E-state index contributed by atoms with van der Waals surface area (Å²) >= 11 is 0. The first-order chi connectivity index (χ1) is 11.3. The fourth-order valence-electron chi connectivity index (χ4n) is 2.78. The second-order valence-electron chi connectivity index (χ2n) is 5.26. The van der Waals surface area contributed by atoms with E-state index in [4.69, 9.17) is 8.94 Å². The number of rotatable bonds is 4. The van der Waals surface area contributed by atoms with Crippen LogP contribution in [0, 0.1) is 0 Å². The zero-order valence-corrected chi connectivity index (χ0v) is 13.0. The molecular formula is C17H16N4O2. The molecule has 0 saturated heterocycles. The van der Waals surface area contributed by atoms with Crippen LogP contribution in [-0.4, -0.2) is 19.7 Å². The van der Waals surface area contributed by atoms with E-state index in [9.17, 15) is 0 Å². The van der Waals surface area contributed by atoms with Crippen molar-refractivity contribution in [2.24, 2.45) is 0 Å². The summed E-state index contributed by atoms with van der Waals surface area (Å²) < 4.78 is 12.6. The number of furan rings is 1. The van der Waals surface area contributed by atoms with Crippen LogP contribution in [-0.2, 0) is 13.0 Å². The molecule has 0 radical (unpaired) electrons. The van der Waals surface area contributed by atoms with Gasteiger partial charge in [0.25, 0.3) is 5.89 Å². The van der Waals surface area contributed by atoms with Crippen LogP contribution >= 0.6 is 0 Å². The lowest BCUT2D eigenvalue weighted by Crippen LogP contribution is -1.99. The fraction of sp³-hybridized carbons (Fsp3) is 0.235. The van der Waals surface area contributed by atoms with Gasteiger partial charge in [-0.05, 0) is 31.2 Å². The van der Waals surface area contributed by atoms with Crippen LogP contribution in [0.15, 0.2) is 45.7 Å². The molecule has 0 bridgehead atoms. The van der Waals surface area contributed by atoms with Crippen LogP contribution in [0.3, 0.4) is 0 Å². The van der Waals surface area contributed by atoms with Gasteiger partial charge in [0.05, 0.1) is 22.9 Å². The highest BCUT2D eigenvalue weighted by Gasteiger charge is 2.14. The third kappa shape index (κ3) is 2.23. The maximum absolute atomic E-state index is 5.31. The lowest BCUT2D eigenvalue weighted by molar-refractivity contribution is 0.431. The van der Waals surface area contributed by atoms with Crippen molar-refractivity contribution in [1.29, 1.82) is 0 Å². The number of hydrogen-bond donors (Lipinski definition) is 0. The maximum Gasteiger partial charge on any atom is 0.261 e. The minimum Gasteiger partial charge on any atom is -0.472 e. The number of fused-ring (bicyclic) bond motifs is 1. The number of aryl methyl sites for hydroxylation is 2. The summed E-state index contributed by atoms with van der Waals surface area (Å²) in [6.45, 7) is 5.12. The quantitative estimate of drug-likeness (QED) is 0.571. The molecular weight excluding hydrogens is 292 g/mol. The Labute approximate surface area is 132 Å². The number of hydrogen-bond acceptors (Lipinski definition) is 5. The van der Waals surface area contributed by atoms with Crippen molar-refractivity contribution in [2.45, 2.75) is 26.8 Å². The van der Waals surface area contributed by atoms with Crippen molar-refractivity contribution in [1.82, 2.24) is 19.7 Å². The van der Waals surface area contributed by atoms with Gasteiger partial charge >= 0.3 is 0 Å². The number of nitrogens with zero attached hydrogens (tertiary/aromatic N) is 4. The molecule has 116 valence electrons. The van der Waals surface area contributed by atoms with Crippen LogP contribution in [0.4, 0.5) is 0 Å². The second-order valence-corrected chi connectivity index (χ2v) is 5.26. The zero-order valence-electron chi connectivity index (χ0n) is 13.0. The third-order valence-corrected chi connectivity index (χ3v) is 3.91. The molecule has 0 aliphatic carbocycles. The summed E-state index contributed by atoms with van der Waals surface area (Å²) in [5, 5.41) is 4.07. The van der Waals surface area contributed by atoms with Gasteiger partial charge in [-0.3, -0.25) is 0 Å². The van der Waals surface area contributed by atoms with Gasteiger partial charge in [0, 0.05) is 18.5 Å². The second kappa shape index (κ2) is 5.39. The predicted octanol–water partition coefficient (Wildman–Crippen LogP) is 3.93. The Morgan fingerprint density at radius 2 is 2.00 bits per heavy atom. The van der Waals surface area contributed by atoms with Gasteiger partial charge in [0.15, 0.2) is 0 Å². The molecule has 0 amide bonds. The molecule has 4 rings (SSSR count). The van der Waals surface area contributed by atoms with Crippen LogP contribution in [0.1, 0.15) is 19.7 Å². The van der Waals surface area contributed by atoms with E-state index in [1.54, 1.807) is 18.6 Å². The van der Waals surface area contributed by atoms with Crippen molar-refractivity contribution < 1.29 is 8.94 Å². The normalized spacial score (nSPS) is 11.4. The Bertz CT molecular complexity index is 950. The lowest BCUT2D eigenvalue weighted by Gasteiger charge is -2.04. The largest absolute Gasteiger partial charge is 0.472 e. The van der Waals surface area contributed by atoms with Gasteiger partial charge in [0.1, 0.15) is 12.1 Å². The summed E-state index contributed by atoms with van der Waals surface area (Å²) in [5.41, 5.74) is 3.77. The molecule has 6 nitrogen and oxygen atoms in total. The van der Waals surface area contributed by atoms with Gasteiger partial charge < -0.3 is 13.5 Å². The molecule has 3 aromatic heterocycles. The minimum absolute atomic E-state index is 0.451. The molecule has 0 N–H and O–H groups in total. The molecule has 0 aliphatic heterocycles. The molecule has 1 aromatic carbocycles. The molecule has 6 heteroatoms. The van der Waals surface area contributed by atoms with E-state index in [-0.39, 0.29) is 0 Å². The van der Waals surface area contributed by atoms with E-state index in [0.717, 1.165) is 41.0 Å². The Balaban J connectivity index is 1.80. The van der Waals surface area contributed by atoms with Gasteiger partial charge in [-0.15, -0.1) is 0 Å². The van der Waals surface area contributed by atoms with E-state index in [1.165, 1.54) is 0 Å². The molecule has 0 saturated carbocycles. The average Bonchev–Trinajstić information content (AvgIpc) is 3.31. The first-order valence-electron chi connectivity index (χ1n) is 7.66. The van der Waals surface area contributed by atoms with Crippen LogP contribution in [0.25, 0.3) is 33.9 Å². The van der Waals surface area contributed by atoms with Crippen LogP contribution < -0.4 is 0 Å². The number of aromatic nitrogens is 4. The van der Waals surface area contributed by atoms with E-state index in [2.05, 4.69) is 39.6 Å². The predicted molar refractivity (Wildman–Crippen MR) is 85.8 cm³/mol. The van der Waals surface area contributed by atoms with Crippen molar-refractivity contribution in [3.63, 3.8) is 0 Å². The first-order valence-corrected chi connectivity index (χ1v) is 7.66. The number of benzene rings is 1. The molecule has 0 fully saturated rings. The SMILES string of the molecule is CCc1nc2ccc(-c3noc(-c4ccoc4)n3)cc2n1CC. The van der Waals surface area contributed by atoms with Crippen molar-refractivity contribution in [3.05, 3.63) is 42.6 Å². The summed E-state index contributed by atoms with van der Waals surface area (Å²) in [7, 11) is 0. The fourth-order valence-corrected chi connectivity index (χ4v) is 2.78. The maximum atomic E-state index is 5.31. The highest BCUT2D eigenvalue weighted by Crippen LogP contribution is 2.26. The lowest BCUT2D eigenvalue weighted by atomic mass is 10.2. The van der Waals surface area contributed by atoms with Gasteiger partial charge in [-0.2, -0.15) is 4.98 Å². The van der Waals surface area contributed by atoms with Crippen molar-refractivity contribution in [3.8, 4) is 22.8 Å². The van der Waals surface area contributed by atoms with E-state index in [1.807, 2.05) is 12.1 Å². The Morgan fingerprint density at radius 3 is 2.74 bits per heavy atom. The number of imidazole rings is 1. The van der Waals surface area contributed by atoms with E-state index >= 15 is 0 Å². The van der Waals surface area contributed by atoms with Crippen molar-refractivity contribution in [2.75, 3.05) is 0 Å². The first kappa shape index (κ1) is 13.8. The highest BCUT2D eigenvalue weighted by atomic mass is 16.5. The van der Waals surface area contributed by atoms with Crippen LogP contribution in [0.5, 0.6) is 0 Å². The van der Waals surface area contributed by atoms with Crippen LogP contribution in [0.2, 0.25) is 0 Å². The molecule has 23 heavy (non-hydrogen) atoms. The summed E-state index contributed by atoms with van der Waals surface area (Å²) in [6.07, 6.45) is 4.07. The Kier molecular flexibility index (Phi) is 3.22. The standard InChI is InChI=1S/C17H16N4O2/c1-3-15-18-13-6-5-11(9-14(13)21(15)4-2)16-19-17(23-20-16)12-7-8-22-10-12/h5-10H,3-4H2,1-2H3. The summed E-state index contributed by atoms with van der Waals surface area (Å²) in [4.78, 5) is 9.11. The Hall–Kier alpha value is -2.89. The summed E-state index contributed by atoms with van der Waals surface area (Å²) in [5.74, 6) is 2.10. The van der Waals surface area contributed by atoms with Gasteiger partial charge in [-0.1, -0.05) is 12.1 Å². The third-order valence-electron chi connectivity index (χ3n) is 3.91. The highest BCUT2D eigenvalue weighted by molar-refractivity contribution is 5.81. The Morgan fingerprint density at radius 1 is 1.09 bits per heavy atom. The molecule has 4 aromatic rings. The van der Waals surface area contributed by atoms with Gasteiger partial charge in [0.2, 0.25) is 5.82 Å². The smallest absolute Gasteiger partial charge is 0.261 e. The molecule has 0 aliphatic rings. The zero-order chi connectivity index (χ0) is 15.8. The van der Waals surface area contributed by atoms with Gasteiger partial charge in [-0.25, -0.2) is 4.98 Å². The monoisotopic (exact) mass is 308 g/mol. The molecule has 0 unspecified atom stereocenters. The topological polar surface area (TPSA) is 69.9 Å². The summed E-state index contributed by atoms with van der Waals surface area (Å²) in [6, 6.07) is 7.83. The van der Waals surface area contributed by atoms with E-state index in [0.29, 0.717) is 11.7 Å².